The van der Waals surface area contributed by atoms with Crippen molar-refractivity contribution in [2.24, 2.45) is 0 Å². The summed E-state index contributed by atoms with van der Waals surface area (Å²) in [7, 11) is 0. The fourth-order valence-electron chi connectivity index (χ4n) is 4.00. The van der Waals surface area contributed by atoms with E-state index in [1.54, 1.807) is 16.8 Å². The van der Waals surface area contributed by atoms with E-state index in [0.29, 0.717) is 30.0 Å². The Bertz CT molecular complexity index is 1240. The Morgan fingerprint density at radius 3 is 2.71 bits per heavy atom. The highest BCUT2D eigenvalue weighted by molar-refractivity contribution is 5.92. The molecule has 31 heavy (non-hydrogen) atoms. The second-order valence-corrected chi connectivity index (χ2v) is 7.75. The third kappa shape index (κ3) is 4.02. The van der Waals surface area contributed by atoms with Gasteiger partial charge in [-0.15, -0.1) is 0 Å². The molecule has 158 valence electrons. The van der Waals surface area contributed by atoms with Crippen LogP contribution in [-0.4, -0.2) is 34.0 Å². The minimum atomic E-state index is -0.303. The molecule has 0 radical (unpaired) electrons. The molecule has 2 aromatic carbocycles. The van der Waals surface area contributed by atoms with Crippen LogP contribution >= 0.6 is 0 Å². The van der Waals surface area contributed by atoms with Crippen LogP contribution in [0, 0.1) is 5.82 Å². The molecule has 0 saturated carbocycles. The third-order valence-electron chi connectivity index (χ3n) is 5.59. The SMILES string of the molecule is O=c1[nH]c2c(cc1CNCC1CCCO1)c(-c1ccc(F)cc1)nn2-c1ccccc1. The van der Waals surface area contributed by atoms with Crippen molar-refractivity contribution in [1.29, 1.82) is 0 Å². The molecule has 2 aromatic heterocycles. The number of rotatable bonds is 6. The van der Waals surface area contributed by atoms with Crippen LogP contribution in [0.1, 0.15) is 18.4 Å². The summed E-state index contributed by atoms with van der Waals surface area (Å²) in [5, 5.41) is 8.91. The first-order chi connectivity index (χ1) is 15.2. The number of nitrogens with zero attached hydrogens (tertiary/aromatic N) is 2. The Balaban J connectivity index is 1.56. The molecule has 1 unspecified atom stereocenters. The maximum atomic E-state index is 13.5. The molecule has 0 spiro atoms. The molecule has 5 rings (SSSR count). The summed E-state index contributed by atoms with van der Waals surface area (Å²) in [6.07, 6.45) is 2.33. The second-order valence-electron chi connectivity index (χ2n) is 7.75. The summed E-state index contributed by atoms with van der Waals surface area (Å²) in [6.45, 7) is 1.95. The largest absolute Gasteiger partial charge is 0.377 e. The van der Waals surface area contributed by atoms with E-state index in [1.807, 2.05) is 36.4 Å². The van der Waals surface area contributed by atoms with Gasteiger partial charge in [-0.05, 0) is 55.3 Å². The van der Waals surface area contributed by atoms with Crippen LogP contribution in [0.4, 0.5) is 4.39 Å². The number of aromatic amines is 1. The number of hydrogen-bond acceptors (Lipinski definition) is 4. The standard InChI is InChI=1S/C24H23FN4O2/c25-18-10-8-16(9-11-18)22-21-13-17(14-26-15-20-7-4-12-31-20)24(30)27-23(21)29(28-22)19-5-2-1-3-6-19/h1-3,5-6,8-11,13,20,26H,4,7,12,14-15H2,(H,27,30). The number of benzene rings is 2. The first-order valence-electron chi connectivity index (χ1n) is 10.5. The van der Waals surface area contributed by atoms with E-state index in [4.69, 9.17) is 9.84 Å². The Kier molecular flexibility index (Phi) is 5.36. The average Bonchev–Trinajstić information content (AvgIpc) is 3.43. The van der Waals surface area contributed by atoms with Crippen molar-refractivity contribution in [3.05, 3.63) is 82.4 Å². The van der Waals surface area contributed by atoms with E-state index in [-0.39, 0.29) is 17.5 Å². The predicted octanol–water partition coefficient (Wildman–Crippen LogP) is 3.79. The molecule has 1 atom stereocenters. The van der Waals surface area contributed by atoms with Crippen LogP contribution in [0.15, 0.2) is 65.5 Å². The Morgan fingerprint density at radius 2 is 1.97 bits per heavy atom. The summed E-state index contributed by atoms with van der Waals surface area (Å²) in [4.78, 5) is 15.8. The lowest BCUT2D eigenvalue weighted by atomic mass is 10.1. The minimum absolute atomic E-state index is 0.157. The van der Waals surface area contributed by atoms with Gasteiger partial charge in [0.1, 0.15) is 17.2 Å². The summed E-state index contributed by atoms with van der Waals surface area (Å²) >= 11 is 0. The van der Waals surface area contributed by atoms with E-state index < -0.39 is 0 Å². The van der Waals surface area contributed by atoms with Crippen molar-refractivity contribution >= 4 is 11.0 Å². The highest BCUT2D eigenvalue weighted by atomic mass is 19.1. The number of H-pyrrole nitrogens is 1. The summed E-state index contributed by atoms with van der Waals surface area (Å²) in [5.74, 6) is -0.303. The van der Waals surface area contributed by atoms with Crippen molar-refractivity contribution in [3.63, 3.8) is 0 Å². The average molecular weight is 418 g/mol. The number of pyridine rings is 1. The molecule has 3 heterocycles. The highest BCUT2D eigenvalue weighted by Crippen LogP contribution is 2.29. The van der Waals surface area contributed by atoms with Crippen molar-refractivity contribution in [2.75, 3.05) is 13.2 Å². The third-order valence-corrected chi connectivity index (χ3v) is 5.59. The smallest absolute Gasteiger partial charge is 0.254 e. The number of ether oxygens (including phenoxy) is 1. The zero-order chi connectivity index (χ0) is 21.2. The van der Waals surface area contributed by atoms with Crippen molar-refractivity contribution in [3.8, 4) is 16.9 Å². The van der Waals surface area contributed by atoms with Gasteiger partial charge in [-0.3, -0.25) is 4.79 Å². The van der Waals surface area contributed by atoms with E-state index >= 15 is 0 Å². The normalized spacial score (nSPS) is 16.2. The van der Waals surface area contributed by atoms with Crippen molar-refractivity contribution < 1.29 is 9.13 Å². The van der Waals surface area contributed by atoms with Gasteiger partial charge in [0.2, 0.25) is 0 Å². The zero-order valence-corrected chi connectivity index (χ0v) is 17.0. The molecule has 1 aliphatic heterocycles. The number of para-hydroxylation sites is 1. The Labute approximate surface area is 178 Å². The maximum absolute atomic E-state index is 13.5. The predicted molar refractivity (Wildman–Crippen MR) is 118 cm³/mol. The molecule has 0 aliphatic carbocycles. The van der Waals surface area contributed by atoms with Crippen LogP contribution < -0.4 is 10.9 Å². The monoisotopic (exact) mass is 418 g/mol. The molecule has 1 saturated heterocycles. The van der Waals surface area contributed by atoms with Crippen LogP contribution in [-0.2, 0) is 11.3 Å². The molecule has 2 N–H and O–H groups in total. The molecule has 0 bridgehead atoms. The van der Waals surface area contributed by atoms with E-state index in [0.717, 1.165) is 36.1 Å². The van der Waals surface area contributed by atoms with Gasteiger partial charge in [-0.1, -0.05) is 18.2 Å². The Morgan fingerprint density at radius 1 is 1.16 bits per heavy atom. The Hall–Kier alpha value is -3.29. The van der Waals surface area contributed by atoms with Crippen molar-refractivity contribution in [1.82, 2.24) is 20.1 Å². The van der Waals surface area contributed by atoms with Gasteiger partial charge < -0.3 is 15.0 Å². The van der Waals surface area contributed by atoms with Crippen LogP contribution in [0.2, 0.25) is 0 Å². The number of hydrogen-bond donors (Lipinski definition) is 2. The van der Waals surface area contributed by atoms with Gasteiger partial charge in [0.15, 0.2) is 0 Å². The number of fused-ring (bicyclic) bond motifs is 1. The van der Waals surface area contributed by atoms with Crippen LogP contribution in [0.25, 0.3) is 28.0 Å². The molecular formula is C24H23FN4O2. The molecule has 1 fully saturated rings. The summed E-state index contributed by atoms with van der Waals surface area (Å²) < 4.78 is 20.8. The lowest BCUT2D eigenvalue weighted by molar-refractivity contribution is 0.110. The van der Waals surface area contributed by atoms with Gasteiger partial charge >= 0.3 is 0 Å². The molecule has 6 nitrogen and oxygen atoms in total. The fraction of sp³-hybridized carbons (Fsp3) is 0.250. The van der Waals surface area contributed by atoms with Crippen LogP contribution in [0.3, 0.4) is 0 Å². The van der Waals surface area contributed by atoms with Crippen molar-refractivity contribution in [2.45, 2.75) is 25.5 Å². The topological polar surface area (TPSA) is 71.9 Å². The van der Waals surface area contributed by atoms with E-state index in [1.165, 1.54) is 12.1 Å². The van der Waals surface area contributed by atoms with Gasteiger partial charge in [0, 0.05) is 36.2 Å². The molecule has 1 aliphatic rings. The van der Waals surface area contributed by atoms with Gasteiger partial charge in [0.05, 0.1) is 11.8 Å². The van der Waals surface area contributed by atoms with E-state index in [2.05, 4.69) is 10.3 Å². The first-order valence-corrected chi connectivity index (χ1v) is 10.5. The van der Waals surface area contributed by atoms with E-state index in [9.17, 15) is 9.18 Å². The van der Waals surface area contributed by atoms with Gasteiger partial charge in [-0.25, -0.2) is 9.07 Å². The fourth-order valence-corrected chi connectivity index (χ4v) is 4.00. The lowest BCUT2D eigenvalue weighted by Crippen LogP contribution is -2.28. The quantitative estimate of drug-likeness (QED) is 0.500. The molecule has 0 amide bonds. The summed E-state index contributed by atoms with van der Waals surface area (Å²) in [6, 6.07) is 17.7. The lowest BCUT2D eigenvalue weighted by Gasteiger charge is -2.10. The minimum Gasteiger partial charge on any atom is -0.377 e. The zero-order valence-electron chi connectivity index (χ0n) is 17.0. The molecule has 4 aromatic rings. The van der Waals surface area contributed by atoms with Crippen LogP contribution in [0.5, 0.6) is 0 Å². The maximum Gasteiger partial charge on any atom is 0.254 e. The summed E-state index contributed by atoms with van der Waals surface area (Å²) in [5.41, 5.74) is 3.39. The number of halogens is 1. The second kappa shape index (κ2) is 8.45. The number of aromatic nitrogens is 3. The van der Waals surface area contributed by atoms with Gasteiger partial charge in [-0.2, -0.15) is 5.10 Å². The number of nitrogens with one attached hydrogen (secondary N) is 2. The van der Waals surface area contributed by atoms with Gasteiger partial charge in [0.25, 0.3) is 5.56 Å². The molecular weight excluding hydrogens is 395 g/mol. The molecule has 7 heteroatoms. The first kappa shape index (κ1) is 19.7. The highest BCUT2D eigenvalue weighted by Gasteiger charge is 2.18.